The molecule has 0 aromatic rings. The number of nitrogens with zero attached hydrogens (tertiary/aromatic N) is 1. The van der Waals surface area contributed by atoms with Gasteiger partial charge in [0.2, 0.25) is 0 Å². The van der Waals surface area contributed by atoms with Gasteiger partial charge in [0.1, 0.15) is 9.84 Å². The lowest BCUT2D eigenvalue weighted by atomic mass is 10.3. The maximum atomic E-state index is 11.0. The van der Waals surface area contributed by atoms with Gasteiger partial charge in [0.05, 0.1) is 12.9 Å². The van der Waals surface area contributed by atoms with Gasteiger partial charge in [-0.2, -0.15) is 0 Å². The number of ether oxygens (including phenoxy) is 1. The predicted octanol–water partition coefficient (Wildman–Crippen LogP) is 0.0821. The monoisotopic (exact) mass is 249 g/mol. The highest BCUT2D eigenvalue weighted by atomic mass is 32.2. The van der Waals surface area contributed by atoms with Crippen molar-refractivity contribution in [3.63, 3.8) is 0 Å². The van der Waals surface area contributed by atoms with Crippen LogP contribution in [0.3, 0.4) is 0 Å². The molecule has 0 fully saturated rings. The Labute approximate surface area is 97.0 Å². The van der Waals surface area contributed by atoms with Gasteiger partial charge in [0.15, 0.2) is 0 Å². The summed E-state index contributed by atoms with van der Waals surface area (Å²) in [4.78, 5) is 12.9. The average Bonchev–Trinajstić information content (AvgIpc) is 2.20. The van der Waals surface area contributed by atoms with Crippen LogP contribution in [0.2, 0.25) is 0 Å². The van der Waals surface area contributed by atoms with Crippen molar-refractivity contribution < 1.29 is 17.9 Å². The minimum Gasteiger partial charge on any atom is -0.466 e. The number of hydrogen-bond acceptors (Lipinski definition) is 5. The van der Waals surface area contributed by atoms with E-state index in [1.807, 2.05) is 4.90 Å². The smallest absolute Gasteiger partial charge is 0.333 e. The average molecular weight is 249 g/mol. The molecule has 0 N–H and O–H groups in total. The molecule has 0 aliphatic heterocycles. The van der Waals surface area contributed by atoms with Crippen LogP contribution in [0.25, 0.3) is 0 Å². The molecule has 0 aromatic carbocycles. The Morgan fingerprint density at radius 2 is 2.00 bits per heavy atom. The number of carbonyl (C=O) groups excluding carboxylic acids is 1. The predicted molar refractivity (Wildman–Crippen MR) is 63.0 cm³/mol. The molecule has 0 heterocycles. The van der Waals surface area contributed by atoms with Crippen LogP contribution >= 0.6 is 0 Å². The lowest BCUT2D eigenvalue weighted by Gasteiger charge is -2.13. The topological polar surface area (TPSA) is 63.7 Å². The minimum atomic E-state index is -2.93. The lowest BCUT2D eigenvalue weighted by molar-refractivity contribution is -0.136. The SMILES string of the molecule is COC(=O)C(C)=CCN(C)CCS(C)(=O)=O. The molecule has 0 radical (unpaired) electrons. The van der Waals surface area contributed by atoms with Gasteiger partial charge in [0.25, 0.3) is 0 Å². The Bertz CT molecular complexity index is 359. The van der Waals surface area contributed by atoms with Crippen LogP contribution in [0.15, 0.2) is 11.6 Å². The summed E-state index contributed by atoms with van der Waals surface area (Å²) in [5, 5.41) is 0. The number of carbonyl (C=O) groups is 1. The molecule has 5 nitrogen and oxygen atoms in total. The number of likely N-dealkylation sites (N-methyl/N-ethyl adjacent to an activating group) is 1. The van der Waals surface area contributed by atoms with Crippen LogP contribution < -0.4 is 0 Å². The molecule has 94 valence electrons. The fraction of sp³-hybridized carbons (Fsp3) is 0.700. The van der Waals surface area contributed by atoms with E-state index >= 15 is 0 Å². The summed E-state index contributed by atoms with van der Waals surface area (Å²) in [6.45, 7) is 2.64. The molecule has 0 saturated heterocycles. The van der Waals surface area contributed by atoms with Crippen LogP contribution in [0.4, 0.5) is 0 Å². The van der Waals surface area contributed by atoms with Crippen LogP contribution in [0.5, 0.6) is 0 Å². The minimum absolute atomic E-state index is 0.120. The van der Waals surface area contributed by atoms with E-state index in [0.717, 1.165) is 0 Å². The summed E-state index contributed by atoms with van der Waals surface area (Å²) in [6, 6.07) is 0. The second kappa shape index (κ2) is 6.65. The molecule has 0 saturated carbocycles. The molecular weight excluding hydrogens is 230 g/mol. The Kier molecular flexibility index (Phi) is 6.28. The Morgan fingerprint density at radius 3 is 2.44 bits per heavy atom. The maximum absolute atomic E-state index is 11.0. The summed E-state index contributed by atoms with van der Waals surface area (Å²) >= 11 is 0. The molecule has 0 rings (SSSR count). The van der Waals surface area contributed by atoms with E-state index in [0.29, 0.717) is 18.7 Å². The van der Waals surface area contributed by atoms with Crippen LogP contribution in [0, 0.1) is 0 Å². The van der Waals surface area contributed by atoms with Crippen molar-refractivity contribution in [1.29, 1.82) is 0 Å². The summed E-state index contributed by atoms with van der Waals surface area (Å²) in [7, 11) is 0.192. The highest BCUT2D eigenvalue weighted by Crippen LogP contribution is 1.96. The van der Waals surface area contributed by atoms with E-state index in [4.69, 9.17) is 0 Å². The first kappa shape index (κ1) is 15.1. The quantitative estimate of drug-likeness (QED) is 0.493. The van der Waals surface area contributed by atoms with Gasteiger partial charge in [-0.15, -0.1) is 0 Å². The van der Waals surface area contributed by atoms with E-state index in [1.54, 1.807) is 20.0 Å². The van der Waals surface area contributed by atoms with E-state index < -0.39 is 9.84 Å². The van der Waals surface area contributed by atoms with Crippen molar-refractivity contribution in [1.82, 2.24) is 4.90 Å². The van der Waals surface area contributed by atoms with E-state index in [9.17, 15) is 13.2 Å². The third kappa shape index (κ3) is 7.42. The molecule has 0 atom stereocenters. The van der Waals surface area contributed by atoms with Gasteiger partial charge >= 0.3 is 5.97 Å². The first-order valence-electron chi connectivity index (χ1n) is 4.87. The molecule has 0 amide bonds. The fourth-order valence-electron chi connectivity index (χ4n) is 0.950. The van der Waals surface area contributed by atoms with Gasteiger partial charge in [-0.3, -0.25) is 0 Å². The van der Waals surface area contributed by atoms with Crippen molar-refractivity contribution in [2.45, 2.75) is 6.92 Å². The zero-order valence-corrected chi connectivity index (χ0v) is 11.0. The number of rotatable bonds is 6. The van der Waals surface area contributed by atoms with E-state index in [-0.39, 0.29) is 11.7 Å². The molecule has 6 heteroatoms. The van der Waals surface area contributed by atoms with E-state index in [2.05, 4.69) is 4.74 Å². The van der Waals surface area contributed by atoms with Crippen LogP contribution in [-0.4, -0.2) is 58.5 Å². The Balaban J connectivity index is 4.07. The third-order valence-corrected chi connectivity index (χ3v) is 2.98. The Morgan fingerprint density at radius 1 is 1.44 bits per heavy atom. The van der Waals surface area contributed by atoms with Gasteiger partial charge < -0.3 is 9.64 Å². The molecule has 0 bridgehead atoms. The number of sulfone groups is 1. The maximum Gasteiger partial charge on any atom is 0.333 e. The lowest BCUT2D eigenvalue weighted by Crippen LogP contribution is -2.25. The first-order chi connectivity index (χ1) is 7.26. The highest BCUT2D eigenvalue weighted by Gasteiger charge is 2.06. The first-order valence-corrected chi connectivity index (χ1v) is 6.93. The molecule has 0 spiro atoms. The van der Waals surface area contributed by atoms with Gasteiger partial charge in [-0.1, -0.05) is 6.08 Å². The molecule has 0 aromatic heterocycles. The zero-order chi connectivity index (χ0) is 12.8. The fourth-order valence-corrected chi connectivity index (χ4v) is 1.59. The van der Waals surface area contributed by atoms with Crippen molar-refractivity contribution in [3.05, 3.63) is 11.6 Å². The van der Waals surface area contributed by atoms with Crippen LogP contribution in [0.1, 0.15) is 6.92 Å². The molecular formula is C10H19NO4S. The second-order valence-corrected chi connectivity index (χ2v) is 6.03. The third-order valence-electron chi connectivity index (χ3n) is 2.06. The second-order valence-electron chi connectivity index (χ2n) is 3.77. The zero-order valence-electron chi connectivity index (χ0n) is 10.2. The van der Waals surface area contributed by atoms with Gasteiger partial charge in [-0.05, 0) is 14.0 Å². The van der Waals surface area contributed by atoms with Crippen molar-refractivity contribution in [2.75, 3.05) is 39.3 Å². The van der Waals surface area contributed by atoms with Gasteiger partial charge in [-0.25, -0.2) is 13.2 Å². The van der Waals surface area contributed by atoms with E-state index in [1.165, 1.54) is 13.4 Å². The highest BCUT2D eigenvalue weighted by molar-refractivity contribution is 7.90. The molecule has 16 heavy (non-hydrogen) atoms. The van der Waals surface area contributed by atoms with Crippen molar-refractivity contribution in [3.8, 4) is 0 Å². The standard InChI is InChI=1S/C10H19NO4S/c1-9(10(12)15-3)5-6-11(2)7-8-16(4,13)14/h5H,6-8H2,1-4H3. The summed E-state index contributed by atoms with van der Waals surface area (Å²) in [6.07, 6.45) is 2.92. The van der Waals surface area contributed by atoms with Crippen molar-refractivity contribution >= 4 is 15.8 Å². The molecule has 0 aliphatic carbocycles. The molecule has 0 aliphatic rings. The number of esters is 1. The number of methoxy groups -OCH3 is 1. The van der Waals surface area contributed by atoms with Gasteiger partial charge in [0, 0.05) is 24.9 Å². The largest absolute Gasteiger partial charge is 0.466 e. The summed E-state index contributed by atoms with van der Waals surface area (Å²) in [5.41, 5.74) is 0.522. The summed E-state index contributed by atoms with van der Waals surface area (Å²) < 4.78 is 26.4. The molecule has 0 unspecified atom stereocenters. The normalized spacial score (nSPS) is 12.9. The van der Waals surface area contributed by atoms with Crippen LogP contribution in [-0.2, 0) is 19.4 Å². The van der Waals surface area contributed by atoms with Crippen molar-refractivity contribution in [2.24, 2.45) is 0 Å². The Hall–Kier alpha value is -0.880. The number of hydrogen-bond donors (Lipinski definition) is 0. The summed E-state index contributed by atoms with van der Waals surface area (Å²) in [5.74, 6) is -0.245.